The van der Waals surface area contributed by atoms with Gasteiger partial charge in [0.1, 0.15) is 5.75 Å². The van der Waals surface area contributed by atoms with Gasteiger partial charge in [0.25, 0.3) is 5.91 Å². The summed E-state index contributed by atoms with van der Waals surface area (Å²) in [5.74, 6) is -1.47. The first-order valence-corrected chi connectivity index (χ1v) is 6.60. The number of aromatic amines is 2. The number of alkyl halides is 4. The predicted octanol–water partition coefficient (Wildman–Crippen LogP) is 1.83. The summed E-state index contributed by atoms with van der Waals surface area (Å²) in [6.45, 7) is 1.47. The van der Waals surface area contributed by atoms with Gasteiger partial charge in [-0.2, -0.15) is 22.7 Å². The van der Waals surface area contributed by atoms with Crippen molar-refractivity contribution in [3.8, 4) is 5.75 Å². The van der Waals surface area contributed by atoms with Gasteiger partial charge < -0.3 is 10.1 Å². The van der Waals surface area contributed by atoms with Gasteiger partial charge >= 0.3 is 18.2 Å². The van der Waals surface area contributed by atoms with E-state index in [1.807, 2.05) is 0 Å². The Morgan fingerprint density at radius 2 is 2.00 bits per heavy atom. The van der Waals surface area contributed by atoms with Crippen LogP contribution in [0.1, 0.15) is 29.1 Å². The average Bonchev–Trinajstić information content (AvgIpc) is 2.94. The summed E-state index contributed by atoms with van der Waals surface area (Å²) < 4.78 is 54.6. The average molecular weight is 348 g/mol. The zero-order valence-electron chi connectivity index (χ0n) is 12.1. The van der Waals surface area contributed by atoms with Crippen LogP contribution < -0.4 is 15.7 Å². The molecule has 1 amide bonds. The first kappa shape index (κ1) is 17.5. The molecule has 2 aromatic rings. The summed E-state index contributed by atoms with van der Waals surface area (Å²) in [6.07, 6.45) is -8.79. The number of benzene rings is 1. The van der Waals surface area contributed by atoms with Crippen molar-refractivity contribution in [3.05, 3.63) is 46.1 Å². The molecule has 1 atom stereocenters. The molecule has 0 saturated carbocycles. The maximum Gasteiger partial charge on any atom is 0.461 e. The van der Waals surface area contributed by atoms with Crippen molar-refractivity contribution in [3.63, 3.8) is 0 Å². The number of carbonyl (C=O) groups is 1. The van der Waals surface area contributed by atoms with Gasteiger partial charge in [0.15, 0.2) is 5.82 Å². The fourth-order valence-electron chi connectivity index (χ4n) is 1.77. The van der Waals surface area contributed by atoms with Crippen LogP contribution in [0.5, 0.6) is 5.75 Å². The third-order valence-electron chi connectivity index (χ3n) is 2.91. The second kappa shape index (κ2) is 6.72. The first-order chi connectivity index (χ1) is 11.2. The lowest BCUT2D eigenvalue weighted by molar-refractivity contribution is -0.253. The van der Waals surface area contributed by atoms with E-state index in [2.05, 4.69) is 25.2 Å². The molecule has 1 heterocycles. The molecule has 0 aliphatic rings. The SMILES string of the molecule is CC(NC(=O)c1ccccc1OC(F)(F)C(F)F)c1n[nH]c(=O)[nH]1. The molecule has 11 heteroatoms. The van der Waals surface area contributed by atoms with E-state index in [-0.39, 0.29) is 11.4 Å². The molecule has 1 aromatic heterocycles. The van der Waals surface area contributed by atoms with Crippen LogP contribution in [0.15, 0.2) is 29.1 Å². The van der Waals surface area contributed by atoms with Crippen LogP contribution >= 0.6 is 0 Å². The molecule has 2 rings (SSSR count). The Bertz CT molecular complexity index is 774. The van der Waals surface area contributed by atoms with E-state index in [0.29, 0.717) is 0 Å². The maximum absolute atomic E-state index is 13.0. The minimum absolute atomic E-state index is 0.102. The number of para-hydroxylation sites is 1. The molecule has 1 aromatic carbocycles. The molecule has 1 unspecified atom stereocenters. The Kier molecular flexibility index (Phi) is 4.90. The topological polar surface area (TPSA) is 99.9 Å². The second-order valence-electron chi connectivity index (χ2n) is 4.72. The number of halogens is 4. The lowest BCUT2D eigenvalue weighted by Gasteiger charge is -2.19. The largest absolute Gasteiger partial charge is 0.461 e. The molecule has 24 heavy (non-hydrogen) atoms. The van der Waals surface area contributed by atoms with E-state index in [1.54, 1.807) is 0 Å². The van der Waals surface area contributed by atoms with E-state index >= 15 is 0 Å². The van der Waals surface area contributed by atoms with Crippen LogP contribution in [0.3, 0.4) is 0 Å². The van der Waals surface area contributed by atoms with Gasteiger partial charge in [-0.1, -0.05) is 12.1 Å². The van der Waals surface area contributed by atoms with Crippen molar-refractivity contribution in [1.82, 2.24) is 20.5 Å². The maximum atomic E-state index is 13.0. The molecule has 0 spiro atoms. The second-order valence-corrected chi connectivity index (χ2v) is 4.72. The standard InChI is InChI=1S/C13H12F4N4O3/c1-6(9-19-12(23)21-20-9)18-10(22)7-4-2-3-5-8(7)24-13(16,17)11(14)15/h2-6,11H,1H3,(H,18,22)(H2,19,20,21,23). The highest BCUT2D eigenvalue weighted by Crippen LogP contribution is 2.29. The third kappa shape index (κ3) is 3.91. The molecular formula is C13H12F4N4O3. The Morgan fingerprint density at radius 1 is 1.33 bits per heavy atom. The van der Waals surface area contributed by atoms with Gasteiger partial charge in [0, 0.05) is 0 Å². The minimum Gasteiger partial charge on any atom is -0.427 e. The van der Waals surface area contributed by atoms with E-state index < -0.39 is 35.9 Å². The summed E-state index contributed by atoms with van der Waals surface area (Å²) in [6, 6.07) is 3.92. The quantitative estimate of drug-likeness (QED) is 0.694. The number of carbonyl (C=O) groups excluding carboxylic acids is 1. The number of hydrogen-bond donors (Lipinski definition) is 3. The predicted molar refractivity (Wildman–Crippen MR) is 73.1 cm³/mol. The summed E-state index contributed by atoms with van der Waals surface area (Å²) in [4.78, 5) is 25.4. The monoisotopic (exact) mass is 348 g/mol. The molecule has 0 aliphatic heterocycles. The molecule has 0 bridgehead atoms. The molecule has 0 radical (unpaired) electrons. The molecule has 130 valence electrons. The van der Waals surface area contributed by atoms with Gasteiger partial charge in [-0.25, -0.2) is 9.89 Å². The number of rotatable bonds is 6. The highest BCUT2D eigenvalue weighted by molar-refractivity contribution is 5.97. The van der Waals surface area contributed by atoms with Crippen LogP contribution in [0, 0.1) is 0 Å². The molecule has 0 fully saturated rings. The van der Waals surface area contributed by atoms with E-state index in [0.717, 1.165) is 12.1 Å². The van der Waals surface area contributed by atoms with Crippen LogP contribution in [-0.2, 0) is 0 Å². The summed E-state index contributed by atoms with van der Waals surface area (Å²) >= 11 is 0. The number of nitrogens with zero attached hydrogens (tertiary/aromatic N) is 1. The number of ether oxygens (including phenoxy) is 1. The number of nitrogens with one attached hydrogen (secondary N) is 3. The molecule has 3 N–H and O–H groups in total. The van der Waals surface area contributed by atoms with Gasteiger partial charge in [-0.15, -0.1) is 0 Å². The van der Waals surface area contributed by atoms with Crippen molar-refractivity contribution >= 4 is 5.91 Å². The van der Waals surface area contributed by atoms with Gasteiger partial charge in [0.2, 0.25) is 0 Å². The Hall–Kier alpha value is -2.85. The van der Waals surface area contributed by atoms with Crippen molar-refractivity contribution < 1.29 is 27.1 Å². The smallest absolute Gasteiger partial charge is 0.427 e. The van der Waals surface area contributed by atoms with Crippen molar-refractivity contribution in [1.29, 1.82) is 0 Å². The number of hydrogen-bond acceptors (Lipinski definition) is 4. The fourth-order valence-corrected chi connectivity index (χ4v) is 1.77. The Labute approximate surface area is 132 Å². The molecular weight excluding hydrogens is 336 g/mol. The number of amides is 1. The number of aromatic nitrogens is 3. The molecule has 0 aliphatic carbocycles. The highest BCUT2D eigenvalue weighted by atomic mass is 19.3. The van der Waals surface area contributed by atoms with Gasteiger partial charge in [0.05, 0.1) is 11.6 Å². The summed E-state index contributed by atoms with van der Waals surface area (Å²) in [5, 5.41) is 8.08. The first-order valence-electron chi connectivity index (χ1n) is 6.60. The van der Waals surface area contributed by atoms with Crippen LogP contribution in [0.2, 0.25) is 0 Å². The third-order valence-corrected chi connectivity index (χ3v) is 2.91. The van der Waals surface area contributed by atoms with Crippen LogP contribution in [0.25, 0.3) is 0 Å². The highest BCUT2D eigenvalue weighted by Gasteiger charge is 2.44. The zero-order chi connectivity index (χ0) is 17.9. The van der Waals surface area contributed by atoms with Crippen molar-refractivity contribution in [2.75, 3.05) is 0 Å². The summed E-state index contributed by atoms with van der Waals surface area (Å²) in [5.41, 5.74) is -0.964. The van der Waals surface area contributed by atoms with Crippen molar-refractivity contribution in [2.45, 2.75) is 25.5 Å². The lowest BCUT2D eigenvalue weighted by atomic mass is 10.1. The van der Waals surface area contributed by atoms with Gasteiger partial charge in [-0.3, -0.25) is 9.78 Å². The van der Waals surface area contributed by atoms with E-state index in [4.69, 9.17) is 0 Å². The lowest BCUT2D eigenvalue weighted by Crippen LogP contribution is -2.35. The molecule has 7 nitrogen and oxygen atoms in total. The van der Waals surface area contributed by atoms with Crippen molar-refractivity contribution in [2.24, 2.45) is 0 Å². The Balaban J connectivity index is 2.19. The van der Waals surface area contributed by atoms with E-state index in [1.165, 1.54) is 19.1 Å². The minimum atomic E-state index is -4.74. The normalized spacial score (nSPS) is 12.9. The van der Waals surface area contributed by atoms with Crippen LogP contribution in [0.4, 0.5) is 17.6 Å². The number of H-pyrrole nitrogens is 2. The fraction of sp³-hybridized carbons (Fsp3) is 0.308. The van der Waals surface area contributed by atoms with E-state index in [9.17, 15) is 27.2 Å². The Morgan fingerprint density at radius 3 is 2.58 bits per heavy atom. The van der Waals surface area contributed by atoms with Gasteiger partial charge in [-0.05, 0) is 19.1 Å². The zero-order valence-corrected chi connectivity index (χ0v) is 12.1. The molecule has 0 saturated heterocycles. The van der Waals surface area contributed by atoms with Crippen LogP contribution in [-0.4, -0.2) is 33.6 Å². The summed E-state index contributed by atoms with van der Waals surface area (Å²) in [7, 11) is 0.